The van der Waals surface area contributed by atoms with Gasteiger partial charge in [0.15, 0.2) is 0 Å². The lowest BCUT2D eigenvalue weighted by Crippen LogP contribution is -2.16. The van der Waals surface area contributed by atoms with Crippen LogP contribution in [0.25, 0.3) is 0 Å². The Bertz CT molecular complexity index is 119. The highest BCUT2D eigenvalue weighted by atomic mass is 16.3. The Morgan fingerprint density at radius 2 is 2.00 bits per heavy atom. The molecule has 66 valence electrons. The highest BCUT2D eigenvalue weighted by Gasteiger charge is 2.08. The fourth-order valence-electron chi connectivity index (χ4n) is 0.725. The maximum Gasteiger partial charge on any atom is 0.0626 e. The summed E-state index contributed by atoms with van der Waals surface area (Å²) in [5, 5.41) is 9.35. The lowest BCUT2D eigenvalue weighted by molar-refractivity contribution is 0.0838. The van der Waals surface area contributed by atoms with Gasteiger partial charge < -0.3 is 5.11 Å². The molecule has 0 aliphatic heterocycles. The monoisotopic (exact) mass is 156 g/mol. The summed E-state index contributed by atoms with van der Waals surface area (Å²) in [6.07, 6.45) is 6.14. The van der Waals surface area contributed by atoms with Crippen molar-refractivity contribution in [1.29, 1.82) is 0 Å². The molecule has 1 nitrogen and oxygen atoms in total. The van der Waals surface area contributed by atoms with Crippen LogP contribution in [-0.2, 0) is 0 Å². The molecule has 0 spiro atoms. The van der Waals surface area contributed by atoms with Crippen LogP contribution in [0.15, 0.2) is 12.2 Å². The summed E-state index contributed by atoms with van der Waals surface area (Å²) in [5.41, 5.74) is -0.552. The number of aliphatic hydroxyl groups is 1. The number of hydrogen-bond acceptors (Lipinski definition) is 1. The first-order valence-corrected chi connectivity index (χ1v) is 4.34. The molecule has 0 aliphatic carbocycles. The van der Waals surface area contributed by atoms with Crippen molar-refractivity contribution < 1.29 is 5.11 Å². The Morgan fingerprint density at radius 3 is 2.36 bits per heavy atom. The summed E-state index contributed by atoms with van der Waals surface area (Å²) >= 11 is 0. The first-order chi connectivity index (χ1) is 4.95. The minimum atomic E-state index is -0.552. The zero-order chi connectivity index (χ0) is 8.91. The lowest BCUT2D eigenvalue weighted by Gasteiger charge is -2.13. The summed E-state index contributed by atoms with van der Waals surface area (Å²) < 4.78 is 0. The largest absolute Gasteiger partial charge is 0.390 e. The molecule has 11 heavy (non-hydrogen) atoms. The van der Waals surface area contributed by atoms with E-state index in [4.69, 9.17) is 0 Å². The third kappa shape index (κ3) is 7.60. The Balaban J connectivity index is 3.60. The Kier molecular flexibility index (Phi) is 4.43. The average molecular weight is 156 g/mol. The molecule has 0 saturated carbocycles. The molecule has 0 aromatic carbocycles. The molecule has 1 heteroatoms. The first kappa shape index (κ1) is 10.7. The summed E-state index contributed by atoms with van der Waals surface area (Å²) in [6, 6.07) is 0. The minimum Gasteiger partial charge on any atom is -0.390 e. The molecule has 1 unspecified atom stereocenters. The standard InChI is InChI=1S/C10H20O/c1-5-9(2)7-6-8-10(3,4)11/h6-7,9,11H,5,8H2,1-4H3. The highest BCUT2D eigenvalue weighted by Crippen LogP contribution is 2.10. The molecular formula is C10H20O. The second-order valence-corrected chi connectivity index (χ2v) is 3.83. The van der Waals surface area contributed by atoms with E-state index in [2.05, 4.69) is 26.0 Å². The molecule has 0 saturated heterocycles. The van der Waals surface area contributed by atoms with Crippen LogP contribution < -0.4 is 0 Å². The molecule has 0 radical (unpaired) electrons. The average Bonchev–Trinajstić information content (AvgIpc) is 1.85. The molecule has 0 aliphatic rings. The van der Waals surface area contributed by atoms with Gasteiger partial charge in [0.25, 0.3) is 0 Å². The predicted molar refractivity (Wildman–Crippen MR) is 49.5 cm³/mol. The van der Waals surface area contributed by atoms with E-state index in [-0.39, 0.29) is 0 Å². The van der Waals surface area contributed by atoms with E-state index < -0.39 is 5.60 Å². The van der Waals surface area contributed by atoms with E-state index in [0.717, 1.165) is 6.42 Å². The molecule has 0 aromatic heterocycles. The van der Waals surface area contributed by atoms with Gasteiger partial charge in [-0.2, -0.15) is 0 Å². The normalized spacial score (nSPS) is 15.7. The van der Waals surface area contributed by atoms with Crippen LogP contribution in [0.4, 0.5) is 0 Å². The van der Waals surface area contributed by atoms with Gasteiger partial charge in [0, 0.05) is 0 Å². The Morgan fingerprint density at radius 1 is 1.45 bits per heavy atom. The molecule has 0 amide bonds. The van der Waals surface area contributed by atoms with Crippen LogP contribution in [0, 0.1) is 5.92 Å². The van der Waals surface area contributed by atoms with Gasteiger partial charge in [-0.1, -0.05) is 32.4 Å². The van der Waals surface area contributed by atoms with Gasteiger partial charge >= 0.3 is 0 Å². The fourth-order valence-corrected chi connectivity index (χ4v) is 0.725. The van der Waals surface area contributed by atoms with Crippen molar-refractivity contribution >= 4 is 0 Å². The minimum absolute atomic E-state index is 0.552. The quantitative estimate of drug-likeness (QED) is 0.620. The van der Waals surface area contributed by atoms with Gasteiger partial charge in [0.2, 0.25) is 0 Å². The zero-order valence-electron chi connectivity index (χ0n) is 8.09. The molecule has 0 bridgehead atoms. The van der Waals surface area contributed by atoms with Crippen LogP contribution in [0.3, 0.4) is 0 Å². The first-order valence-electron chi connectivity index (χ1n) is 4.34. The predicted octanol–water partition coefficient (Wildman–Crippen LogP) is 2.75. The lowest BCUT2D eigenvalue weighted by atomic mass is 10.0. The molecule has 0 fully saturated rings. The van der Waals surface area contributed by atoms with E-state index in [1.807, 2.05) is 13.8 Å². The topological polar surface area (TPSA) is 20.2 Å². The molecule has 1 N–H and O–H groups in total. The van der Waals surface area contributed by atoms with Gasteiger partial charge in [-0.25, -0.2) is 0 Å². The summed E-state index contributed by atoms with van der Waals surface area (Å²) in [4.78, 5) is 0. The van der Waals surface area contributed by atoms with Crippen LogP contribution >= 0.6 is 0 Å². The second kappa shape index (κ2) is 4.55. The smallest absolute Gasteiger partial charge is 0.0626 e. The van der Waals surface area contributed by atoms with Crippen molar-refractivity contribution in [2.24, 2.45) is 5.92 Å². The van der Waals surface area contributed by atoms with Crippen LogP contribution in [0.5, 0.6) is 0 Å². The van der Waals surface area contributed by atoms with Gasteiger partial charge in [-0.05, 0) is 26.2 Å². The Hall–Kier alpha value is -0.300. The Labute approximate surface area is 70.1 Å². The fraction of sp³-hybridized carbons (Fsp3) is 0.800. The second-order valence-electron chi connectivity index (χ2n) is 3.83. The van der Waals surface area contributed by atoms with Crippen molar-refractivity contribution in [3.05, 3.63) is 12.2 Å². The van der Waals surface area contributed by atoms with Gasteiger partial charge in [0.05, 0.1) is 5.60 Å². The van der Waals surface area contributed by atoms with Crippen molar-refractivity contribution in [3.8, 4) is 0 Å². The van der Waals surface area contributed by atoms with E-state index in [1.165, 1.54) is 6.42 Å². The zero-order valence-corrected chi connectivity index (χ0v) is 8.09. The van der Waals surface area contributed by atoms with Crippen LogP contribution in [0.2, 0.25) is 0 Å². The maximum atomic E-state index is 9.35. The van der Waals surface area contributed by atoms with Crippen LogP contribution in [-0.4, -0.2) is 10.7 Å². The van der Waals surface area contributed by atoms with Crippen molar-refractivity contribution in [1.82, 2.24) is 0 Å². The molecule has 0 rings (SSSR count). The van der Waals surface area contributed by atoms with Crippen LogP contribution in [0.1, 0.15) is 40.5 Å². The van der Waals surface area contributed by atoms with Gasteiger partial charge in [-0.15, -0.1) is 0 Å². The number of allylic oxidation sites excluding steroid dienone is 1. The molecule has 0 heterocycles. The third-order valence-corrected chi connectivity index (χ3v) is 1.73. The van der Waals surface area contributed by atoms with E-state index in [0.29, 0.717) is 5.92 Å². The van der Waals surface area contributed by atoms with Gasteiger partial charge in [0.1, 0.15) is 0 Å². The van der Waals surface area contributed by atoms with Crippen molar-refractivity contribution in [2.45, 2.75) is 46.1 Å². The number of rotatable bonds is 4. The molecule has 1 atom stereocenters. The highest BCUT2D eigenvalue weighted by molar-refractivity contribution is 4.90. The summed E-state index contributed by atoms with van der Waals surface area (Å²) in [6.45, 7) is 8.00. The summed E-state index contributed by atoms with van der Waals surface area (Å²) in [7, 11) is 0. The maximum absolute atomic E-state index is 9.35. The van der Waals surface area contributed by atoms with E-state index in [1.54, 1.807) is 0 Å². The molecular weight excluding hydrogens is 136 g/mol. The van der Waals surface area contributed by atoms with Crippen molar-refractivity contribution in [2.75, 3.05) is 0 Å². The number of hydrogen-bond donors (Lipinski definition) is 1. The third-order valence-electron chi connectivity index (χ3n) is 1.73. The van der Waals surface area contributed by atoms with E-state index in [9.17, 15) is 5.11 Å². The molecule has 0 aromatic rings. The van der Waals surface area contributed by atoms with Crippen molar-refractivity contribution in [3.63, 3.8) is 0 Å². The van der Waals surface area contributed by atoms with E-state index >= 15 is 0 Å². The SMILES string of the molecule is CCC(C)C=CCC(C)(C)O. The van der Waals surface area contributed by atoms with Gasteiger partial charge in [-0.3, -0.25) is 0 Å². The summed E-state index contributed by atoms with van der Waals surface area (Å²) in [5.74, 6) is 0.636.